The molecule has 0 unspecified atom stereocenters. The number of carboxylic acids is 1. The van der Waals surface area contributed by atoms with Crippen molar-refractivity contribution in [2.75, 3.05) is 5.32 Å². The Kier molecular flexibility index (Phi) is 4.37. The summed E-state index contributed by atoms with van der Waals surface area (Å²) in [4.78, 5) is 33.0. The van der Waals surface area contributed by atoms with Gasteiger partial charge in [0.15, 0.2) is 5.78 Å². The van der Waals surface area contributed by atoms with E-state index < -0.39 is 5.97 Å². The first-order chi connectivity index (χ1) is 8.40. The van der Waals surface area contributed by atoms with Crippen molar-refractivity contribution in [1.82, 2.24) is 0 Å². The fourth-order valence-corrected chi connectivity index (χ4v) is 1.26. The summed E-state index contributed by atoms with van der Waals surface area (Å²) < 4.78 is 0. The van der Waals surface area contributed by atoms with Crippen molar-refractivity contribution in [1.29, 1.82) is 0 Å². The van der Waals surface area contributed by atoms with Crippen LogP contribution in [-0.4, -0.2) is 22.8 Å². The molecule has 0 bridgehead atoms. The maximum atomic E-state index is 11.7. The number of amides is 1. The Labute approximate surface area is 104 Å². The van der Waals surface area contributed by atoms with Crippen LogP contribution >= 0.6 is 0 Å². The number of hydrogen-bond acceptors (Lipinski definition) is 3. The summed E-state index contributed by atoms with van der Waals surface area (Å²) in [5, 5.41) is 11.2. The molecular weight excluding hydrogens is 234 g/mol. The second kappa shape index (κ2) is 5.77. The highest BCUT2D eigenvalue weighted by molar-refractivity contribution is 6.08. The van der Waals surface area contributed by atoms with E-state index in [-0.39, 0.29) is 17.3 Å². The molecule has 1 aromatic rings. The third kappa shape index (κ3) is 3.86. The maximum Gasteiger partial charge on any atom is 0.331 e. The van der Waals surface area contributed by atoms with Gasteiger partial charge in [-0.3, -0.25) is 9.59 Å². The number of hydrogen-bond donors (Lipinski definition) is 2. The highest BCUT2D eigenvalue weighted by Crippen LogP contribution is 2.11. The lowest BCUT2D eigenvalue weighted by Gasteiger charge is -2.02. The topological polar surface area (TPSA) is 83.5 Å². The van der Waals surface area contributed by atoms with Gasteiger partial charge in [0.25, 0.3) is 0 Å². The number of anilines is 1. The SMILES string of the molecule is CC(=O)Nc1ccc(C(=O)/C=C(\C)C(=O)O)cc1. The summed E-state index contributed by atoms with van der Waals surface area (Å²) in [5.41, 5.74) is 0.925. The fourth-order valence-electron chi connectivity index (χ4n) is 1.26. The molecule has 1 rings (SSSR count). The molecule has 1 amide bonds. The van der Waals surface area contributed by atoms with E-state index in [2.05, 4.69) is 5.32 Å². The van der Waals surface area contributed by atoms with Crippen LogP contribution in [0.25, 0.3) is 0 Å². The van der Waals surface area contributed by atoms with Crippen LogP contribution in [-0.2, 0) is 9.59 Å². The minimum absolute atomic E-state index is 0.0223. The van der Waals surface area contributed by atoms with E-state index in [1.807, 2.05) is 0 Å². The van der Waals surface area contributed by atoms with Crippen LogP contribution in [0.1, 0.15) is 24.2 Å². The zero-order valence-electron chi connectivity index (χ0n) is 10.1. The van der Waals surface area contributed by atoms with Gasteiger partial charge in [0, 0.05) is 23.7 Å². The molecule has 5 heteroatoms. The van der Waals surface area contributed by atoms with Gasteiger partial charge < -0.3 is 10.4 Å². The van der Waals surface area contributed by atoms with E-state index in [9.17, 15) is 14.4 Å². The quantitative estimate of drug-likeness (QED) is 0.628. The van der Waals surface area contributed by atoms with Crippen molar-refractivity contribution < 1.29 is 19.5 Å². The van der Waals surface area contributed by atoms with Crippen molar-refractivity contribution in [2.45, 2.75) is 13.8 Å². The van der Waals surface area contributed by atoms with E-state index in [4.69, 9.17) is 5.11 Å². The Bertz CT molecular complexity index is 514. The average Bonchev–Trinajstić information content (AvgIpc) is 2.28. The summed E-state index contributed by atoms with van der Waals surface area (Å²) >= 11 is 0. The summed E-state index contributed by atoms with van der Waals surface area (Å²) in [6, 6.07) is 6.22. The summed E-state index contributed by atoms with van der Waals surface area (Å²) in [6.45, 7) is 2.74. The van der Waals surface area contributed by atoms with Gasteiger partial charge in [0.1, 0.15) is 0 Å². The minimum Gasteiger partial charge on any atom is -0.478 e. The number of ketones is 1. The highest BCUT2D eigenvalue weighted by atomic mass is 16.4. The van der Waals surface area contributed by atoms with Gasteiger partial charge in [-0.1, -0.05) is 0 Å². The first-order valence-corrected chi connectivity index (χ1v) is 5.23. The lowest BCUT2D eigenvalue weighted by molar-refractivity contribution is -0.132. The van der Waals surface area contributed by atoms with Gasteiger partial charge in [-0.25, -0.2) is 4.79 Å². The molecule has 1 aromatic carbocycles. The Hall–Kier alpha value is -2.43. The Morgan fingerprint density at radius 2 is 1.67 bits per heavy atom. The number of allylic oxidation sites excluding steroid dienone is 1. The molecule has 2 N–H and O–H groups in total. The van der Waals surface area contributed by atoms with Crippen LogP contribution in [0.4, 0.5) is 5.69 Å². The predicted molar refractivity (Wildman–Crippen MR) is 66.5 cm³/mol. The largest absolute Gasteiger partial charge is 0.478 e. The number of nitrogens with one attached hydrogen (secondary N) is 1. The molecule has 0 aliphatic carbocycles. The molecule has 0 saturated heterocycles. The number of aliphatic carboxylic acids is 1. The molecule has 0 atom stereocenters. The molecule has 0 aromatic heterocycles. The lowest BCUT2D eigenvalue weighted by Crippen LogP contribution is -2.06. The van der Waals surface area contributed by atoms with Crippen LogP contribution in [0.2, 0.25) is 0 Å². The first kappa shape index (κ1) is 13.6. The third-order valence-corrected chi connectivity index (χ3v) is 2.17. The summed E-state index contributed by atoms with van der Waals surface area (Å²) in [6.07, 6.45) is 1.07. The molecule has 18 heavy (non-hydrogen) atoms. The first-order valence-electron chi connectivity index (χ1n) is 5.23. The standard InChI is InChI=1S/C13H13NO4/c1-8(13(17)18)7-12(16)10-3-5-11(6-4-10)14-9(2)15/h3-7H,1-2H3,(H,14,15)(H,17,18)/b8-7+. The summed E-state index contributed by atoms with van der Waals surface area (Å²) in [7, 11) is 0. The van der Waals surface area contributed by atoms with Crippen LogP contribution in [0.5, 0.6) is 0 Å². The van der Waals surface area contributed by atoms with Crippen LogP contribution in [0.15, 0.2) is 35.9 Å². The van der Waals surface area contributed by atoms with Gasteiger partial charge in [-0.05, 0) is 37.3 Å². The minimum atomic E-state index is -1.13. The molecule has 94 valence electrons. The van der Waals surface area contributed by atoms with E-state index >= 15 is 0 Å². The Morgan fingerprint density at radius 3 is 2.11 bits per heavy atom. The number of benzene rings is 1. The van der Waals surface area contributed by atoms with Crippen molar-refractivity contribution in [2.24, 2.45) is 0 Å². The van der Waals surface area contributed by atoms with Crippen molar-refractivity contribution in [3.8, 4) is 0 Å². The monoisotopic (exact) mass is 247 g/mol. The molecule has 0 aliphatic rings. The van der Waals surface area contributed by atoms with Gasteiger partial charge in [0.05, 0.1) is 0 Å². The number of carboxylic acid groups (broad SMARTS) is 1. The Morgan fingerprint density at radius 1 is 1.11 bits per heavy atom. The third-order valence-electron chi connectivity index (χ3n) is 2.17. The maximum absolute atomic E-state index is 11.7. The van der Waals surface area contributed by atoms with E-state index in [1.165, 1.54) is 26.0 Å². The molecule has 0 heterocycles. The number of carbonyl (C=O) groups excluding carboxylic acids is 2. The number of rotatable bonds is 4. The lowest BCUT2D eigenvalue weighted by atomic mass is 10.1. The van der Waals surface area contributed by atoms with Crippen LogP contribution in [0, 0.1) is 0 Å². The Balaban J connectivity index is 2.86. The zero-order chi connectivity index (χ0) is 13.7. The summed E-state index contributed by atoms with van der Waals surface area (Å²) in [5.74, 6) is -1.71. The van der Waals surface area contributed by atoms with Crippen molar-refractivity contribution in [3.05, 3.63) is 41.5 Å². The van der Waals surface area contributed by atoms with Gasteiger partial charge in [-0.15, -0.1) is 0 Å². The molecule has 0 aliphatic heterocycles. The average molecular weight is 247 g/mol. The van der Waals surface area contributed by atoms with Gasteiger partial charge >= 0.3 is 5.97 Å². The highest BCUT2D eigenvalue weighted by Gasteiger charge is 2.07. The zero-order valence-corrected chi connectivity index (χ0v) is 10.1. The molecule has 5 nitrogen and oxygen atoms in total. The second-order valence-electron chi connectivity index (χ2n) is 3.76. The molecule has 0 saturated carbocycles. The van der Waals surface area contributed by atoms with Crippen LogP contribution in [0.3, 0.4) is 0 Å². The molecule has 0 radical (unpaired) electrons. The van der Waals surface area contributed by atoms with E-state index in [0.717, 1.165) is 6.08 Å². The second-order valence-corrected chi connectivity index (χ2v) is 3.76. The van der Waals surface area contributed by atoms with E-state index in [0.29, 0.717) is 11.3 Å². The predicted octanol–water partition coefficient (Wildman–Crippen LogP) is 1.86. The van der Waals surface area contributed by atoms with Crippen molar-refractivity contribution in [3.63, 3.8) is 0 Å². The number of carbonyl (C=O) groups is 3. The fraction of sp³-hybridized carbons (Fsp3) is 0.154. The molecule has 0 spiro atoms. The van der Waals surface area contributed by atoms with Crippen LogP contribution < -0.4 is 5.32 Å². The smallest absolute Gasteiger partial charge is 0.331 e. The normalized spacial score (nSPS) is 10.9. The molecular formula is C13H13NO4. The van der Waals surface area contributed by atoms with Gasteiger partial charge in [-0.2, -0.15) is 0 Å². The van der Waals surface area contributed by atoms with Crippen molar-refractivity contribution >= 4 is 23.3 Å². The molecule has 0 fully saturated rings. The van der Waals surface area contributed by atoms with E-state index in [1.54, 1.807) is 12.1 Å². The van der Waals surface area contributed by atoms with Gasteiger partial charge in [0.2, 0.25) is 5.91 Å².